The van der Waals surface area contributed by atoms with E-state index >= 15 is 0 Å². The molecule has 0 saturated heterocycles. The van der Waals surface area contributed by atoms with Gasteiger partial charge in [0, 0.05) is 11.1 Å². The van der Waals surface area contributed by atoms with Crippen molar-refractivity contribution in [3.63, 3.8) is 0 Å². The Morgan fingerprint density at radius 1 is 1.42 bits per heavy atom. The lowest BCUT2D eigenvalue weighted by atomic mass is 10.2. The van der Waals surface area contributed by atoms with Crippen LogP contribution in [0.2, 0.25) is 0 Å². The van der Waals surface area contributed by atoms with Gasteiger partial charge in [-0.3, -0.25) is 4.79 Å². The quantitative estimate of drug-likeness (QED) is 0.507. The monoisotopic (exact) mass is 277 g/mol. The minimum absolute atomic E-state index is 0.270. The van der Waals surface area contributed by atoms with Gasteiger partial charge in [0.05, 0.1) is 12.6 Å². The largest absolute Gasteiger partial charge is 0.468 e. The summed E-state index contributed by atoms with van der Waals surface area (Å²) in [5, 5.41) is 4.80. The number of aromatic nitrogens is 2. The minimum atomic E-state index is -0.344. The van der Waals surface area contributed by atoms with Crippen LogP contribution in [0.15, 0.2) is 35.6 Å². The van der Waals surface area contributed by atoms with Crippen molar-refractivity contribution in [2.45, 2.75) is 11.1 Å². The number of methoxy groups -OCH3 is 1. The Kier molecular flexibility index (Phi) is 4.70. The van der Waals surface area contributed by atoms with Crippen LogP contribution in [0.4, 0.5) is 0 Å². The second-order valence-corrected chi connectivity index (χ2v) is 4.88. The molecule has 0 bridgehead atoms. The molecule has 5 nitrogen and oxygen atoms in total. The molecule has 0 aliphatic heterocycles. The van der Waals surface area contributed by atoms with Crippen LogP contribution in [0.5, 0.6) is 0 Å². The van der Waals surface area contributed by atoms with Gasteiger partial charge in [0.2, 0.25) is 0 Å². The molecule has 1 aromatic heterocycles. The van der Waals surface area contributed by atoms with Crippen LogP contribution < -0.4 is 5.32 Å². The third-order valence-electron chi connectivity index (χ3n) is 2.73. The number of para-hydroxylation sites is 1. The van der Waals surface area contributed by atoms with Crippen molar-refractivity contribution in [1.82, 2.24) is 15.3 Å². The molecule has 1 unspecified atom stereocenters. The Labute approximate surface area is 115 Å². The Hall–Kier alpha value is -1.66. The Balaban J connectivity index is 2.15. The first-order chi connectivity index (χ1) is 9.26. The van der Waals surface area contributed by atoms with Crippen molar-refractivity contribution >= 4 is 28.6 Å². The van der Waals surface area contributed by atoms with Gasteiger partial charge in [-0.2, -0.15) is 0 Å². The summed E-state index contributed by atoms with van der Waals surface area (Å²) in [5.74, 6) is 0.290. The van der Waals surface area contributed by atoms with E-state index < -0.39 is 0 Å². The highest BCUT2D eigenvalue weighted by molar-refractivity contribution is 7.99. The lowest BCUT2D eigenvalue weighted by molar-refractivity contribution is -0.142. The number of fused-ring (bicyclic) bond motifs is 1. The number of nitrogens with one attached hydrogen (secondary N) is 1. The highest BCUT2D eigenvalue weighted by Gasteiger charge is 2.17. The molecule has 1 aromatic carbocycles. The van der Waals surface area contributed by atoms with Gasteiger partial charge in [-0.15, -0.1) is 11.8 Å². The summed E-state index contributed by atoms with van der Waals surface area (Å²) in [6, 6.07) is 7.46. The van der Waals surface area contributed by atoms with E-state index in [1.807, 2.05) is 24.3 Å². The number of esters is 1. The number of hydrogen-bond acceptors (Lipinski definition) is 6. The topological polar surface area (TPSA) is 64.1 Å². The van der Waals surface area contributed by atoms with E-state index in [0.717, 1.165) is 15.9 Å². The third-order valence-corrected chi connectivity index (χ3v) is 3.83. The lowest BCUT2D eigenvalue weighted by Gasteiger charge is -2.13. The van der Waals surface area contributed by atoms with Crippen molar-refractivity contribution in [2.75, 3.05) is 19.9 Å². The van der Waals surface area contributed by atoms with E-state index in [4.69, 9.17) is 4.74 Å². The van der Waals surface area contributed by atoms with Gasteiger partial charge < -0.3 is 10.1 Å². The summed E-state index contributed by atoms with van der Waals surface area (Å²) in [6.45, 7) is 0. The van der Waals surface area contributed by atoms with Gasteiger partial charge in [-0.25, -0.2) is 9.97 Å². The average molecular weight is 277 g/mol. The van der Waals surface area contributed by atoms with Crippen LogP contribution in [-0.4, -0.2) is 41.9 Å². The summed E-state index contributed by atoms with van der Waals surface area (Å²) in [6.07, 6.45) is 1.54. The zero-order valence-electron chi connectivity index (χ0n) is 10.8. The summed E-state index contributed by atoms with van der Waals surface area (Å²) in [7, 11) is 3.12. The molecule has 1 atom stereocenters. The molecule has 2 aromatic rings. The van der Waals surface area contributed by atoms with E-state index in [1.54, 1.807) is 7.05 Å². The fraction of sp³-hybridized carbons (Fsp3) is 0.308. The zero-order chi connectivity index (χ0) is 13.7. The molecule has 6 heteroatoms. The fourth-order valence-corrected chi connectivity index (χ4v) is 2.75. The molecule has 2 rings (SSSR count). The highest BCUT2D eigenvalue weighted by Crippen LogP contribution is 2.24. The molecule has 0 amide bonds. The second-order valence-electron chi connectivity index (χ2n) is 3.87. The molecule has 0 aliphatic rings. The Bertz CT molecular complexity index is 571. The highest BCUT2D eigenvalue weighted by atomic mass is 32.2. The number of ether oxygens (including phenoxy) is 1. The van der Waals surface area contributed by atoms with Crippen LogP contribution in [-0.2, 0) is 9.53 Å². The first-order valence-corrected chi connectivity index (χ1v) is 6.82. The van der Waals surface area contributed by atoms with Gasteiger partial charge in [0.25, 0.3) is 0 Å². The average Bonchev–Trinajstić information content (AvgIpc) is 2.47. The summed E-state index contributed by atoms with van der Waals surface area (Å²) < 4.78 is 4.73. The maximum absolute atomic E-state index is 11.5. The van der Waals surface area contributed by atoms with E-state index in [2.05, 4.69) is 15.3 Å². The first kappa shape index (κ1) is 13.8. The second kappa shape index (κ2) is 6.49. The summed E-state index contributed by atoms with van der Waals surface area (Å²) in [5.41, 5.74) is 0.902. The lowest BCUT2D eigenvalue weighted by Crippen LogP contribution is -2.37. The predicted molar refractivity (Wildman–Crippen MR) is 75.1 cm³/mol. The summed E-state index contributed by atoms with van der Waals surface area (Å²) >= 11 is 1.51. The number of hydrogen-bond donors (Lipinski definition) is 1. The molecule has 1 N–H and O–H groups in total. The SMILES string of the molecule is CNC(CSc1ncnc2ccccc12)C(=O)OC. The van der Waals surface area contributed by atoms with Crippen molar-refractivity contribution < 1.29 is 9.53 Å². The van der Waals surface area contributed by atoms with Crippen molar-refractivity contribution in [1.29, 1.82) is 0 Å². The molecule has 0 aliphatic carbocycles. The molecule has 100 valence electrons. The van der Waals surface area contributed by atoms with Crippen LogP contribution in [0.1, 0.15) is 0 Å². The van der Waals surface area contributed by atoms with E-state index in [9.17, 15) is 4.79 Å². The Morgan fingerprint density at radius 3 is 2.95 bits per heavy atom. The maximum Gasteiger partial charge on any atom is 0.323 e. The molecule has 0 fully saturated rings. The van der Waals surface area contributed by atoms with Gasteiger partial charge in [-0.1, -0.05) is 18.2 Å². The van der Waals surface area contributed by atoms with Crippen molar-refractivity contribution in [2.24, 2.45) is 0 Å². The van der Waals surface area contributed by atoms with E-state index in [1.165, 1.54) is 25.2 Å². The molecule has 0 saturated carbocycles. The van der Waals surface area contributed by atoms with Crippen LogP contribution >= 0.6 is 11.8 Å². The maximum atomic E-state index is 11.5. The minimum Gasteiger partial charge on any atom is -0.468 e. The molecule has 0 radical (unpaired) electrons. The molecule has 19 heavy (non-hydrogen) atoms. The smallest absolute Gasteiger partial charge is 0.323 e. The normalized spacial score (nSPS) is 12.3. The van der Waals surface area contributed by atoms with Gasteiger partial charge in [0.1, 0.15) is 17.4 Å². The van der Waals surface area contributed by atoms with Crippen molar-refractivity contribution in [3.05, 3.63) is 30.6 Å². The number of likely N-dealkylation sites (N-methyl/N-ethyl adjacent to an activating group) is 1. The Morgan fingerprint density at radius 2 is 2.21 bits per heavy atom. The van der Waals surface area contributed by atoms with Gasteiger partial charge >= 0.3 is 5.97 Å². The third kappa shape index (κ3) is 3.21. The van der Waals surface area contributed by atoms with Gasteiger partial charge in [-0.05, 0) is 13.1 Å². The number of nitrogens with zero attached hydrogens (tertiary/aromatic N) is 2. The molecule has 1 heterocycles. The van der Waals surface area contributed by atoms with Crippen LogP contribution in [0, 0.1) is 0 Å². The first-order valence-electron chi connectivity index (χ1n) is 5.84. The zero-order valence-corrected chi connectivity index (χ0v) is 11.6. The van der Waals surface area contributed by atoms with E-state index in [0.29, 0.717) is 5.75 Å². The summed E-state index contributed by atoms with van der Waals surface area (Å²) in [4.78, 5) is 20.0. The van der Waals surface area contributed by atoms with E-state index in [-0.39, 0.29) is 12.0 Å². The number of carbonyl (C=O) groups is 1. The number of thioether (sulfide) groups is 1. The number of carbonyl (C=O) groups excluding carboxylic acids is 1. The number of rotatable bonds is 5. The molecule has 0 spiro atoms. The fourth-order valence-electron chi connectivity index (χ4n) is 1.67. The molecular formula is C13H15N3O2S. The predicted octanol–water partition coefficient (Wildman–Crippen LogP) is 1.48. The van der Waals surface area contributed by atoms with Crippen LogP contribution in [0.3, 0.4) is 0 Å². The number of benzene rings is 1. The molecular weight excluding hydrogens is 262 g/mol. The van der Waals surface area contributed by atoms with Crippen molar-refractivity contribution in [3.8, 4) is 0 Å². The van der Waals surface area contributed by atoms with Crippen LogP contribution in [0.25, 0.3) is 10.9 Å². The standard InChI is InChI=1S/C13H15N3O2S/c1-14-11(13(17)18-2)7-19-12-9-5-3-4-6-10(9)15-8-16-12/h3-6,8,11,14H,7H2,1-2H3. The van der Waals surface area contributed by atoms with Gasteiger partial charge in [0.15, 0.2) is 0 Å².